The van der Waals surface area contributed by atoms with Crippen LogP contribution in [0.2, 0.25) is 0 Å². The number of rotatable bonds is 9. The third-order valence-electron chi connectivity index (χ3n) is 3.46. The number of hydrogen-bond acceptors (Lipinski definition) is 3. The van der Waals surface area contributed by atoms with Gasteiger partial charge in [-0.05, 0) is 52.3 Å². The lowest BCUT2D eigenvalue weighted by Crippen LogP contribution is -2.32. The van der Waals surface area contributed by atoms with Crippen LogP contribution in [-0.2, 0) is 0 Å². The molecular weight excluding hydrogens is 314 g/mol. The molecule has 0 saturated heterocycles. The molecule has 1 aromatic rings. The first-order valence-corrected chi connectivity index (χ1v) is 8.15. The van der Waals surface area contributed by atoms with Crippen molar-refractivity contribution in [2.45, 2.75) is 19.4 Å². The van der Waals surface area contributed by atoms with E-state index in [1.165, 1.54) is 10.0 Å². The van der Waals surface area contributed by atoms with Gasteiger partial charge in [-0.25, -0.2) is 0 Å². The maximum atomic E-state index is 3.66. The Hall–Kier alpha value is -0.420. The fourth-order valence-electron chi connectivity index (χ4n) is 2.20. The molecule has 1 aromatic carbocycles. The molecular formula is C16H28BrN3. The summed E-state index contributed by atoms with van der Waals surface area (Å²) in [5.74, 6) is 0. The van der Waals surface area contributed by atoms with E-state index in [0.29, 0.717) is 6.04 Å². The number of benzene rings is 1. The lowest BCUT2D eigenvalue weighted by Gasteiger charge is -2.24. The smallest absolute Gasteiger partial charge is 0.0343 e. The van der Waals surface area contributed by atoms with Crippen LogP contribution < -0.4 is 5.32 Å². The number of hydrogen-bond donors (Lipinski definition) is 1. The molecule has 0 fully saturated rings. The summed E-state index contributed by atoms with van der Waals surface area (Å²) >= 11 is 3.66. The van der Waals surface area contributed by atoms with E-state index in [2.05, 4.69) is 83.4 Å². The van der Waals surface area contributed by atoms with Gasteiger partial charge in [0.1, 0.15) is 0 Å². The third-order valence-corrected chi connectivity index (χ3v) is 4.18. The zero-order valence-electron chi connectivity index (χ0n) is 13.2. The highest BCUT2D eigenvalue weighted by molar-refractivity contribution is 9.10. The Labute approximate surface area is 132 Å². The molecule has 0 heterocycles. The van der Waals surface area contributed by atoms with Crippen molar-refractivity contribution in [3.63, 3.8) is 0 Å². The largest absolute Gasteiger partial charge is 0.310 e. The Morgan fingerprint density at radius 2 is 1.80 bits per heavy atom. The Balaban J connectivity index is 2.53. The predicted octanol–water partition coefficient (Wildman–Crippen LogP) is 2.98. The van der Waals surface area contributed by atoms with E-state index in [4.69, 9.17) is 0 Å². The van der Waals surface area contributed by atoms with Crippen molar-refractivity contribution < 1.29 is 0 Å². The molecule has 0 aliphatic carbocycles. The number of likely N-dealkylation sites (N-methyl/N-ethyl adjacent to an activating group) is 2. The minimum absolute atomic E-state index is 0.414. The van der Waals surface area contributed by atoms with Gasteiger partial charge in [0.25, 0.3) is 0 Å². The van der Waals surface area contributed by atoms with Crippen LogP contribution in [0.4, 0.5) is 0 Å². The molecule has 0 bridgehead atoms. The van der Waals surface area contributed by atoms with Gasteiger partial charge < -0.3 is 15.1 Å². The van der Waals surface area contributed by atoms with Crippen molar-refractivity contribution >= 4 is 15.9 Å². The highest BCUT2D eigenvalue weighted by Crippen LogP contribution is 2.25. The maximum Gasteiger partial charge on any atom is 0.0343 e. The normalized spacial score (nSPS) is 13.2. The zero-order valence-corrected chi connectivity index (χ0v) is 14.8. The fourth-order valence-corrected chi connectivity index (χ4v) is 2.76. The molecule has 0 amide bonds. The molecule has 20 heavy (non-hydrogen) atoms. The second-order valence-electron chi connectivity index (χ2n) is 5.53. The van der Waals surface area contributed by atoms with Crippen LogP contribution in [0.5, 0.6) is 0 Å². The molecule has 0 radical (unpaired) electrons. The Morgan fingerprint density at radius 1 is 1.10 bits per heavy atom. The van der Waals surface area contributed by atoms with Crippen molar-refractivity contribution in [3.8, 4) is 0 Å². The van der Waals surface area contributed by atoms with E-state index in [0.717, 1.165) is 32.6 Å². The first kappa shape index (κ1) is 17.6. The van der Waals surface area contributed by atoms with E-state index in [1.807, 2.05) is 0 Å². The van der Waals surface area contributed by atoms with Gasteiger partial charge in [0.05, 0.1) is 0 Å². The van der Waals surface area contributed by atoms with Crippen LogP contribution in [0.1, 0.15) is 24.9 Å². The van der Waals surface area contributed by atoms with Crippen LogP contribution in [0.15, 0.2) is 28.7 Å². The van der Waals surface area contributed by atoms with Gasteiger partial charge in [-0.1, -0.05) is 41.1 Å². The standard InChI is InChI=1S/C16H28BrN3/c1-5-18-16(14-8-6-7-9-15(14)17)10-11-20(4)13-12-19(2)3/h6-9,16,18H,5,10-13H2,1-4H3. The Morgan fingerprint density at radius 3 is 2.40 bits per heavy atom. The molecule has 114 valence electrons. The molecule has 0 aromatic heterocycles. The van der Waals surface area contributed by atoms with Crippen molar-refractivity contribution in [2.75, 3.05) is 47.3 Å². The van der Waals surface area contributed by atoms with Crippen molar-refractivity contribution in [1.29, 1.82) is 0 Å². The molecule has 0 spiro atoms. The average molecular weight is 342 g/mol. The second-order valence-corrected chi connectivity index (χ2v) is 6.38. The van der Waals surface area contributed by atoms with E-state index >= 15 is 0 Å². The quantitative estimate of drug-likeness (QED) is 0.744. The summed E-state index contributed by atoms with van der Waals surface area (Å²) < 4.78 is 1.20. The molecule has 1 N–H and O–H groups in total. The number of nitrogens with one attached hydrogen (secondary N) is 1. The van der Waals surface area contributed by atoms with Gasteiger partial charge in [-0.15, -0.1) is 0 Å². The molecule has 3 nitrogen and oxygen atoms in total. The van der Waals surface area contributed by atoms with Gasteiger partial charge in [0.15, 0.2) is 0 Å². The average Bonchev–Trinajstić information content (AvgIpc) is 2.42. The summed E-state index contributed by atoms with van der Waals surface area (Å²) in [7, 11) is 6.44. The van der Waals surface area contributed by atoms with Crippen LogP contribution in [0.3, 0.4) is 0 Å². The molecule has 1 rings (SSSR count). The highest BCUT2D eigenvalue weighted by Gasteiger charge is 2.13. The molecule has 0 aliphatic heterocycles. The van der Waals surface area contributed by atoms with Gasteiger partial charge in [0, 0.05) is 23.6 Å². The molecule has 4 heteroatoms. The molecule has 1 atom stereocenters. The first-order valence-electron chi connectivity index (χ1n) is 7.35. The zero-order chi connectivity index (χ0) is 15.0. The summed E-state index contributed by atoms with van der Waals surface area (Å²) in [4.78, 5) is 4.63. The lowest BCUT2D eigenvalue weighted by molar-refractivity contribution is 0.268. The van der Waals surface area contributed by atoms with E-state index in [-0.39, 0.29) is 0 Å². The van der Waals surface area contributed by atoms with Gasteiger partial charge in [-0.2, -0.15) is 0 Å². The maximum absolute atomic E-state index is 3.66. The molecule has 0 aliphatic rings. The predicted molar refractivity (Wildman–Crippen MR) is 91.2 cm³/mol. The summed E-state index contributed by atoms with van der Waals surface area (Å²) in [6.45, 7) is 6.49. The topological polar surface area (TPSA) is 18.5 Å². The van der Waals surface area contributed by atoms with E-state index in [9.17, 15) is 0 Å². The van der Waals surface area contributed by atoms with Crippen molar-refractivity contribution in [2.24, 2.45) is 0 Å². The number of halogens is 1. The van der Waals surface area contributed by atoms with Crippen LogP contribution >= 0.6 is 15.9 Å². The summed E-state index contributed by atoms with van der Waals surface area (Å²) in [6.07, 6.45) is 1.13. The minimum Gasteiger partial charge on any atom is -0.310 e. The summed E-state index contributed by atoms with van der Waals surface area (Å²) in [5.41, 5.74) is 1.36. The van der Waals surface area contributed by atoms with Crippen molar-refractivity contribution in [3.05, 3.63) is 34.3 Å². The van der Waals surface area contributed by atoms with Gasteiger partial charge in [0.2, 0.25) is 0 Å². The van der Waals surface area contributed by atoms with Crippen LogP contribution in [0.25, 0.3) is 0 Å². The number of nitrogens with zero attached hydrogens (tertiary/aromatic N) is 2. The lowest BCUT2D eigenvalue weighted by atomic mass is 10.0. The first-order chi connectivity index (χ1) is 9.54. The second kappa shape index (κ2) is 9.50. The Bertz CT molecular complexity index is 382. The summed E-state index contributed by atoms with van der Waals surface area (Å²) in [6, 6.07) is 8.92. The fraction of sp³-hybridized carbons (Fsp3) is 0.625. The monoisotopic (exact) mass is 341 g/mol. The molecule has 1 unspecified atom stereocenters. The van der Waals surface area contributed by atoms with Crippen molar-refractivity contribution in [1.82, 2.24) is 15.1 Å². The highest BCUT2D eigenvalue weighted by atomic mass is 79.9. The van der Waals surface area contributed by atoms with Gasteiger partial charge >= 0.3 is 0 Å². The Kier molecular flexibility index (Phi) is 8.38. The minimum atomic E-state index is 0.414. The van der Waals surface area contributed by atoms with E-state index in [1.54, 1.807) is 0 Å². The third kappa shape index (κ3) is 6.35. The summed E-state index contributed by atoms with van der Waals surface area (Å²) in [5, 5.41) is 3.59. The van der Waals surface area contributed by atoms with Crippen LogP contribution in [-0.4, -0.2) is 57.1 Å². The van der Waals surface area contributed by atoms with Crippen LogP contribution in [0, 0.1) is 0 Å². The SMILES string of the molecule is CCNC(CCN(C)CCN(C)C)c1ccccc1Br. The van der Waals surface area contributed by atoms with E-state index < -0.39 is 0 Å². The van der Waals surface area contributed by atoms with Gasteiger partial charge in [-0.3, -0.25) is 0 Å². The molecule has 0 saturated carbocycles.